The highest BCUT2D eigenvalue weighted by Gasteiger charge is 2.33. The lowest BCUT2D eigenvalue weighted by molar-refractivity contribution is 0.0945. The van der Waals surface area contributed by atoms with Crippen molar-refractivity contribution < 1.29 is 18.3 Å². The van der Waals surface area contributed by atoms with Gasteiger partial charge in [0.1, 0.15) is 22.9 Å². The van der Waals surface area contributed by atoms with E-state index in [1.54, 1.807) is 6.07 Å². The normalized spacial score (nSPS) is 15.2. The minimum Gasteiger partial charge on any atom is -0.492 e. The van der Waals surface area contributed by atoms with Crippen LogP contribution in [0, 0.1) is 20.6 Å². The molecule has 0 aromatic heterocycles. The summed E-state index contributed by atoms with van der Waals surface area (Å²) < 4.78 is 34.6. The van der Waals surface area contributed by atoms with Crippen molar-refractivity contribution in [3.05, 3.63) is 51.1 Å². The van der Waals surface area contributed by atoms with Gasteiger partial charge in [0.2, 0.25) is 0 Å². The minimum atomic E-state index is -0.787. The first-order valence-corrected chi connectivity index (χ1v) is 9.04. The molecule has 0 radical (unpaired) electrons. The summed E-state index contributed by atoms with van der Waals surface area (Å²) in [6.07, 6.45) is 0. The summed E-state index contributed by atoms with van der Waals surface area (Å²) in [5.74, 6) is -1.88. The van der Waals surface area contributed by atoms with E-state index < -0.39 is 17.5 Å². The number of hydrogen-bond acceptors (Lipinski definition) is 4. The molecule has 0 saturated carbocycles. The van der Waals surface area contributed by atoms with Crippen molar-refractivity contribution in [2.24, 2.45) is 11.1 Å². The molecule has 1 aliphatic heterocycles. The largest absolute Gasteiger partial charge is 0.492 e. The van der Waals surface area contributed by atoms with E-state index in [9.17, 15) is 13.6 Å². The summed E-state index contributed by atoms with van der Waals surface area (Å²) in [6.45, 7) is 3.87. The molecule has 8 heteroatoms. The van der Waals surface area contributed by atoms with Gasteiger partial charge in [-0.05, 0) is 46.9 Å². The van der Waals surface area contributed by atoms with E-state index in [0.29, 0.717) is 10.2 Å². The van der Waals surface area contributed by atoms with Crippen molar-refractivity contribution in [3.63, 3.8) is 0 Å². The number of ether oxygens (including phenoxy) is 1. The predicted molar refractivity (Wildman–Crippen MR) is 104 cm³/mol. The second-order valence-electron chi connectivity index (χ2n) is 6.64. The minimum absolute atomic E-state index is 0.0137. The molecule has 26 heavy (non-hydrogen) atoms. The number of nitrogens with one attached hydrogen (secondary N) is 2. The Bertz CT molecular complexity index is 857. The van der Waals surface area contributed by atoms with Crippen molar-refractivity contribution in [3.8, 4) is 5.75 Å². The van der Waals surface area contributed by atoms with Crippen LogP contribution >= 0.6 is 22.6 Å². The smallest absolute Gasteiger partial charge is 0.254 e. The van der Waals surface area contributed by atoms with Crippen LogP contribution in [-0.2, 0) is 0 Å². The molecule has 138 valence electrons. The number of amides is 1. The van der Waals surface area contributed by atoms with Gasteiger partial charge in [0, 0.05) is 28.1 Å². The van der Waals surface area contributed by atoms with Gasteiger partial charge in [-0.2, -0.15) is 0 Å². The Morgan fingerprint density at radius 3 is 2.62 bits per heavy atom. The maximum Gasteiger partial charge on any atom is 0.254 e. The lowest BCUT2D eigenvalue weighted by Gasteiger charge is -2.39. The van der Waals surface area contributed by atoms with Crippen molar-refractivity contribution >= 4 is 39.9 Å². The topological polar surface area (TPSA) is 76.4 Å². The summed E-state index contributed by atoms with van der Waals surface area (Å²) in [5.41, 5.74) is 5.55. The summed E-state index contributed by atoms with van der Waals surface area (Å²) in [7, 11) is 0. The van der Waals surface area contributed by atoms with Crippen LogP contribution in [0.5, 0.6) is 5.75 Å². The van der Waals surface area contributed by atoms with Gasteiger partial charge in [-0.1, -0.05) is 6.92 Å². The molecule has 2 aromatic rings. The Morgan fingerprint density at radius 2 is 2.04 bits per heavy atom. The highest BCUT2D eigenvalue weighted by Crippen LogP contribution is 2.33. The van der Waals surface area contributed by atoms with Gasteiger partial charge in [0.15, 0.2) is 0 Å². The number of benzene rings is 2. The lowest BCUT2D eigenvalue weighted by atomic mass is 9.85. The van der Waals surface area contributed by atoms with Crippen molar-refractivity contribution in [2.75, 3.05) is 25.0 Å². The van der Waals surface area contributed by atoms with Crippen molar-refractivity contribution in [2.45, 2.75) is 6.92 Å². The molecule has 1 heterocycles. The predicted octanol–water partition coefficient (Wildman–Crippen LogP) is 3.40. The zero-order valence-electron chi connectivity index (χ0n) is 14.0. The quantitative estimate of drug-likeness (QED) is 0.563. The second-order valence-corrected chi connectivity index (χ2v) is 7.89. The highest BCUT2D eigenvalue weighted by molar-refractivity contribution is 14.1. The van der Waals surface area contributed by atoms with Gasteiger partial charge in [0.05, 0.1) is 18.0 Å². The average molecular weight is 473 g/mol. The maximum absolute atomic E-state index is 14.1. The Kier molecular flexibility index (Phi) is 5.33. The SMILES string of the molecule is CC1(COc2cc(F)cc(Nc3ccc(I)cc3F)c2C(N)=O)CNC1. The fourth-order valence-electron chi connectivity index (χ4n) is 2.69. The molecule has 0 unspecified atom stereocenters. The summed E-state index contributed by atoms with van der Waals surface area (Å²) in [6, 6.07) is 6.74. The average Bonchev–Trinajstić information content (AvgIpc) is 2.53. The third-order valence-corrected chi connectivity index (χ3v) is 4.86. The number of primary amides is 1. The number of anilines is 2. The van der Waals surface area contributed by atoms with E-state index in [1.807, 2.05) is 29.5 Å². The Hall–Kier alpha value is -1.94. The molecule has 1 saturated heterocycles. The van der Waals surface area contributed by atoms with Crippen LogP contribution in [0.2, 0.25) is 0 Å². The van der Waals surface area contributed by atoms with E-state index in [-0.39, 0.29) is 28.1 Å². The van der Waals surface area contributed by atoms with Crippen LogP contribution in [0.4, 0.5) is 20.2 Å². The molecule has 1 aliphatic rings. The molecule has 4 N–H and O–H groups in total. The molecule has 1 fully saturated rings. The Balaban J connectivity index is 1.94. The molecule has 1 amide bonds. The van der Waals surface area contributed by atoms with E-state index in [1.165, 1.54) is 12.1 Å². The fourth-order valence-corrected chi connectivity index (χ4v) is 3.14. The maximum atomic E-state index is 14.1. The number of carbonyl (C=O) groups excluding carboxylic acids is 1. The molecule has 5 nitrogen and oxygen atoms in total. The molecule has 0 aliphatic carbocycles. The number of carbonyl (C=O) groups is 1. The standard InChI is InChI=1S/C18H18F2IN3O2/c1-18(7-23-8-18)9-26-15-5-10(19)4-14(16(15)17(22)25)24-13-3-2-11(21)6-12(13)20/h2-6,23-24H,7-9H2,1H3,(H2,22,25). The molecular weight excluding hydrogens is 455 g/mol. The first-order chi connectivity index (χ1) is 12.3. The first-order valence-electron chi connectivity index (χ1n) is 7.96. The first kappa shape index (κ1) is 18.8. The van der Waals surface area contributed by atoms with Gasteiger partial charge in [-0.3, -0.25) is 4.79 Å². The fraction of sp³-hybridized carbons (Fsp3) is 0.278. The zero-order chi connectivity index (χ0) is 18.9. The molecule has 0 bridgehead atoms. The number of nitrogens with two attached hydrogens (primary N) is 1. The number of halogens is 3. The van der Waals surface area contributed by atoms with Crippen LogP contribution in [0.15, 0.2) is 30.3 Å². The van der Waals surface area contributed by atoms with Crippen LogP contribution in [0.1, 0.15) is 17.3 Å². The number of hydrogen-bond donors (Lipinski definition) is 3. The second kappa shape index (κ2) is 7.36. The summed E-state index contributed by atoms with van der Waals surface area (Å²) >= 11 is 1.98. The third-order valence-electron chi connectivity index (χ3n) is 4.19. The van der Waals surface area contributed by atoms with Gasteiger partial charge in [-0.25, -0.2) is 8.78 Å². The molecular formula is C18H18F2IN3O2. The van der Waals surface area contributed by atoms with E-state index >= 15 is 0 Å². The van der Waals surface area contributed by atoms with Gasteiger partial charge < -0.3 is 21.1 Å². The monoisotopic (exact) mass is 473 g/mol. The van der Waals surface area contributed by atoms with Crippen LogP contribution < -0.4 is 21.1 Å². The molecule has 3 rings (SSSR count). The van der Waals surface area contributed by atoms with Gasteiger partial charge in [0.25, 0.3) is 5.91 Å². The highest BCUT2D eigenvalue weighted by atomic mass is 127. The van der Waals surface area contributed by atoms with Gasteiger partial charge >= 0.3 is 0 Å². The number of rotatable bonds is 6. The third kappa shape index (κ3) is 4.07. The zero-order valence-corrected chi connectivity index (χ0v) is 16.2. The van der Waals surface area contributed by atoms with E-state index in [2.05, 4.69) is 10.6 Å². The van der Waals surface area contributed by atoms with E-state index in [0.717, 1.165) is 25.2 Å². The van der Waals surface area contributed by atoms with Crippen LogP contribution in [-0.4, -0.2) is 25.6 Å². The van der Waals surface area contributed by atoms with E-state index in [4.69, 9.17) is 10.5 Å². The van der Waals surface area contributed by atoms with Crippen LogP contribution in [0.3, 0.4) is 0 Å². The van der Waals surface area contributed by atoms with Crippen molar-refractivity contribution in [1.29, 1.82) is 0 Å². The molecule has 2 aromatic carbocycles. The lowest BCUT2D eigenvalue weighted by Crippen LogP contribution is -2.54. The Morgan fingerprint density at radius 1 is 1.31 bits per heavy atom. The van der Waals surface area contributed by atoms with Crippen LogP contribution in [0.25, 0.3) is 0 Å². The summed E-state index contributed by atoms with van der Waals surface area (Å²) in [5, 5.41) is 5.89. The van der Waals surface area contributed by atoms with Crippen molar-refractivity contribution in [1.82, 2.24) is 5.32 Å². The molecule has 0 spiro atoms. The Labute approximate surface area is 163 Å². The summed E-state index contributed by atoms with van der Waals surface area (Å²) in [4.78, 5) is 12.0. The molecule has 0 atom stereocenters. The van der Waals surface area contributed by atoms with Gasteiger partial charge in [-0.15, -0.1) is 0 Å².